The van der Waals surface area contributed by atoms with E-state index in [0.29, 0.717) is 35.0 Å². The molecule has 2 atom stereocenters. The Labute approximate surface area is 139 Å². The Morgan fingerprint density at radius 1 is 1.59 bits per heavy atom. The summed E-state index contributed by atoms with van der Waals surface area (Å²) in [6.07, 6.45) is -0.492. The SMILES string of the molecule is O=C(O)NC1=NC2(c3ccc(F)c(Br)c3)CCOCC2CS1. The van der Waals surface area contributed by atoms with Crippen molar-refractivity contribution >= 4 is 39.0 Å². The molecule has 0 aliphatic carbocycles. The van der Waals surface area contributed by atoms with Gasteiger partial charge in [-0.05, 0) is 33.6 Å². The fourth-order valence-electron chi connectivity index (χ4n) is 2.89. The van der Waals surface area contributed by atoms with Crippen molar-refractivity contribution in [2.75, 3.05) is 19.0 Å². The maximum absolute atomic E-state index is 13.5. The van der Waals surface area contributed by atoms with Crippen molar-refractivity contribution in [2.45, 2.75) is 12.0 Å². The van der Waals surface area contributed by atoms with Gasteiger partial charge in [-0.1, -0.05) is 17.8 Å². The summed E-state index contributed by atoms with van der Waals surface area (Å²) in [4.78, 5) is 15.6. The fourth-order valence-corrected chi connectivity index (χ4v) is 4.38. The zero-order valence-electron chi connectivity index (χ0n) is 11.5. The largest absolute Gasteiger partial charge is 0.465 e. The van der Waals surface area contributed by atoms with E-state index < -0.39 is 11.6 Å². The smallest absolute Gasteiger partial charge is 0.410 e. The number of fused-ring (bicyclic) bond motifs is 1. The standard InChI is InChI=1S/C14H14BrFN2O3S/c15-10-5-8(1-2-11(10)16)14-3-4-21-6-9(14)7-22-12(18-14)17-13(19)20/h1-2,5,9H,3-4,6-7H2,(H,17,18)(H,19,20). The number of amides is 1. The fraction of sp³-hybridized carbons (Fsp3) is 0.429. The molecule has 2 aliphatic rings. The second kappa shape index (κ2) is 6.17. The molecule has 5 nitrogen and oxygen atoms in total. The molecule has 0 radical (unpaired) electrons. The van der Waals surface area contributed by atoms with Gasteiger partial charge in [0.05, 0.1) is 16.6 Å². The van der Waals surface area contributed by atoms with Crippen molar-refractivity contribution < 1.29 is 19.0 Å². The average Bonchev–Trinajstić information content (AvgIpc) is 2.49. The number of rotatable bonds is 1. The van der Waals surface area contributed by atoms with Crippen LogP contribution in [0.5, 0.6) is 0 Å². The van der Waals surface area contributed by atoms with Crippen LogP contribution in [0.3, 0.4) is 0 Å². The highest BCUT2D eigenvalue weighted by Crippen LogP contribution is 2.46. The van der Waals surface area contributed by atoms with Crippen LogP contribution in [-0.4, -0.2) is 35.3 Å². The van der Waals surface area contributed by atoms with Crippen LogP contribution in [0, 0.1) is 11.7 Å². The molecular weight excluding hydrogens is 375 g/mol. The summed E-state index contributed by atoms with van der Waals surface area (Å²) in [6.45, 7) is 1.10. The number of thioether (sulfide) groups is 1. The van der Waals surface area contributed by atoms with Gasteiger partial charge in [0.25, 0.3) is 0 Å². The minimum atomic E-state index is -1.13. The molecule has 0 spiro atoms. The summed E-state index contributed by atoms with van der Waals surface area (Å²) in [7, 11) is 0. The van der Waals surface area contributed by atoms with Crippen molar-refractivity contribution in [3.05, 3.63) is 34.1 Å². The van der Waals surface area contributed by atoms with Crippen LogP contribution in [-0.2, 0) is 10.3 Å². The molecule has 2 unspecified atom stereocenters. The van der Waals surface area contributed by atoms with Gasteiger partial charge >= 0.3 is 6.09 Å². The Kier molecular flexibility index (Phi) is 4.42. The minimum Gasteiger partial charge on any atom is -0.465 e. The Hall–Kier alpha value is -1.12. The van der Waals surface area contributed by atoms with Crippen molar-refractivity contribution in [1.82, 2.24) is 5.32 Å². The van der Waals surface area contributed by atoms with Crippen LogP contribution in [0.1, 0.15) is 12.0 Å². The normalized spacial score (nSPS) is 27.7. The highest BCUT2D eigenvalue weighted by molar-refractivity contribution is 9.10. The second-order valence-corrected chi connectivity index (χ2v) is 7.10. The van der Waals surface area contributed by atoms with Crippen LogP contribution in [0.25, 0.3) is 0 Å². The van der Waals surface area contributed by atoms with Gasteiger partial charge in [0, 0.05) is 24.7 Å². The number of carboxylic acid groups (broad SMARTS) is 1. The lowest BCUT2D eigenvalue weighted by atomic mass is 9.76. The number of nitrogens with zero attached hydrogens (tertiary/aromatic N) is 1. The van der Waals surface area contributed by atoms with E-state index in [1.807, 2.05) is 0 Å². The molecule has 8 heteroatoms. The van der Waals surface area contributed by atoms with E-state index in [1.54, 1.807) is 12.1 Å². The second-order valence-electron chi connectivity index (χ2n) is 5.23. The van der Waals surface area contributed by atoms with Gasteiger partial charge in [0.2, 0.25) is 0 Å². The summed E-state index contributed by atoms with van der Waals surface area (Å²) >= 11 is 4.58. The molecule has 1 aromatic carbocycles. The van der Waals surface area contributed by atoms with E-state index in [1.165, 1.54) is 17.8 Å². The maximum Gasteiger partial charge on any atom is 0.410 e. The van der Waals surface area contributed by atoms with Crippen LogP contribution >= 0.6 is 27.7 Å². The first-order valence-corrected chi connectivity index (χ1v) is 8.55. The number of carbonyl (C=O) groups is 1. The van der Waals surface area contributed by atoms with E-state index >= 15 is 0 Å². The lowest BCUT2D eigenvalue weighted by molar-refractivity contribution is 0.00996. The Balaban J connectivity index is 2.06. The van der Waals surface area contributed by atoms with Gasteiger partial charge in [-0.2, -0.15) is 0 Å². The number of aliphatic imine (C=N–C) groups is 1. The van der Waals surface area contributed by atoms with Crippen LogP contribution in [0.4, 0.5) is 9.18 Å². The van der Waals surface area contributed by atoms with Gasteiger partial charge in [0.15, 0.2) is 5.17 Å². The van der Waals surface area contributed by atoms with Crippen molar-refractivity contribution in [2.24, 2.45) is 10.9 Å². The molecule has 1 saturated heterocycles. The molecule has 0 saturated carbocycles. The monoisotopic (exact) mass is 388 g/mol. The lowest BCUT2D eigenvalue weighted by Crippen LogP contribution is -2.47. The molecule has 1 aromatic rings. The number of benzene rings is 1. The van der Waals surface area contributed by atoms with Gasteiger partial charge in [-0.15, -0.1) is 0 Å². The van der Waals surface area contributed by atoms with Crippen molar-refractivity contribution in [3.63, 3.8) is 0 Å². The highest BCUT2D eigenvalue weighted by atomic mass is 79.9. The first kappa shape index (κ1) is 15.8. The Morgan fingerprint density at radius 2 is 2.41 bits per heavy atom. The third-order valence-electron chi connectivity index (χ3n) is 3.98. The molecule has 0 aromatic heterocycles. The third-order valence-corrected chi connectivity index (χ3v) is 5.62. The van der Waals surface area contributed by atoms with Crippen LogP contribution in [0.2, 0.25) is 0 Å². The molecule has 0 bridgehead atoms. The van der Waals surface area contributed by atoms with E-state index in [4.69, 9.17) is 9.84 Å². The summed E-state index contributed by atoms with van der Waals surface area (Å²) < 4.78 is 19.5. The van der Waals surface area contributed by atoms with Gasteiger partial charge in [-0.25, -0.2) is 9.18 Å². The summed E-state index contributed by atoms with van der Waals surface area (Å²) in [5.74, 6) is 0.499. The molecular formula is C14H14BrFN2O3S. The van der Waals surface area contributed by atoms with E-state index in [0.717, 1.165) is 5.56 Å². The van der Waals surface area contributed by atoms with E-state index in [9.17, 15) is 9.18 Å². The zero-order chi connectivity index (χ0) is 15.7. The van der Waals surface area contributed by atoms with E-state index in [-0.39, 0.29) is 11.7 Å². The van der Waals surface area contributed by atoms with Gasteiger partial charge in [0.1, 0.15) is 5.82 Å². The number of amidine groups is 1. The summed E-state index contributed by atoms with van der Waals surface area (Å²) in [5.41, 5.74) is 0.302. The Morgan fingerprint density at radius 3 is 3.14 bits per heavy atom. The van der Waals surface area contributed by atoms with E-state index in [2.05, 4.69) is 26.2 Å². The summed E-state index contributed by atoms with van der Waals surface area (Å²) in [5, 5.41) is 11.6. The lowest BCUT2D eigenvalue weighted by Gasteiger charge is -2.44. The molecule has 118 valence electrons. The predicted molar refractivity (Wildman–Crippen MR) is 85.8 cm³/mol. The number of hydrogen-bond donors (Lipinski definition) is 2. The number of halogens is 2. The molecule has 2 aliphatic heterocycles. The third kappa shape index (κ3) is 2.87. The number of hydrogen-bond acceptors (Lipinski definition) is 4. The average molecular weight is 389 g/mol. The first-order chi connectivity index (χ1) is 10.5. The molecule has 2 N–H and O–H groups in total. The van der Waals surface area contributed by atoms with Crippen molar-refractivity contribution in [1.29, 1.82) is 0 Å². The Bertz CT molecular complexity index is 643. The van der Waals surface area contributed by atoms with Crippen molar-refractivity contribution in [3.8, 4) is 0 Å². The van der Waals surface area contributed by atoms with Gasteiger partial charge in [-0.3, -0.25) is 10.3 Å². The molecule has 1 amide bonds. The summed E-state index contributed by atoms with van der Waals surface area (Å²) in [6, 6.07) is 4.85. The minimum absolute atomic E-state index is 0.128. The van der Waals surface area contributed by atoms with Gasteiger partial charge < -0.3 is 9.84 Å². The number of ether oxygens (including phenoxy) is 1. The highest BCUT2D eigenvalue weighted by Gasteiger charge is 2.46. The molecule has 22 heavy (non-hydrogen) atoms. The zero-order valence-corrected chi connectivity index (χ0v) is 13.9. The molecule has 1 fully saturated rings. The first-order valence-electron chi connectivity index (χ1n) is 6.77. The number of nitrogens with one attached hydrogen (secondary N) is 1. The molecule has 3 rings (SSSR count). The predicted octanol–water partition coefficient (Wildman–Crippen LogP) is 3.19. The van der Waals surface area contributed by atoms with Crippen LogP contribution < -0.4 is 5.32 Å². The quantitative estimate of drug-likeness (QED) is 0.774. The van der Waals surface area contributed by atoms with Crippen LogP contribution in [0.15, 0.2) is 27.7 Å². The topological polar surface area (TPSA) is 70.9 Å². The molecule has 2 heterocycles. The maximum atomic E-state index is 13.5.